The Bertz CT molecular complexity index is 683. The molecule has 2 aromatic heterocycles. The molecule has 0 spiro atoms. The lowest BCUT2D eigenvalue weighted by Crippen LogP contribution is -2.38. The Morgan fingerprint density at radius 1 is 1.22 bits per heavy atom. The number of nitrogens with zero attached hydrogens (tertiary/aromatic N) is 4. The van der Waals surface area contributed by atoms with Crippen molar-refractivity contribution < 1.29 is 4.79 Å². The summed E-state index contributed by atoms with van der Waals surface area (Å²) in [7, 11) is 0. The molecule has 0 radical (unpaired) electrons. The van der Waals surface area contributed by atoms with Gasteiger partial charge < -0.3 is 10.2 Å². The molecule has 0 aromatic carbocycles. The van der Waals surface area contributed by atoms with E-state index in [4.69, 9.17) is 11.6 Å². The Kier molecular flexibility index (Phi) is 4.71. The number of nitrogens with one attached hydrogen (secondary N) is 1. The van der Waals surface area contributed by atoms with Crippen LogP contribution < -0.4 is 10.2 Å². The minimum Gasteiger partial charge on any atom is -0.355 e. The molecule has 1 aliphatic heterocycles. The first-order chi connectivity index (χ1) is 11.1. The SMILES string of the molecule is Cc1cccc(NC(=O)C2CCN(c3ccc(Cl)nn3)CC2)n1. The van der Waals surface area contributed by atoms with Gasteiger partial charge in [0.15, 0.2) is 11.0 Å². The number of halogens is 1. The average molecular weight is 332 g/mol. The first kappa shape index (κ1) is 15.7. The molecule has 0 saturated carbocycles. The van der Waals surface area contributed by atoms with Gasteiger partial charge in [-0.3, -0.25) is 4.79 Å². The van der Waals surface area contributed by atoms with Gasteiger partial charge in [-0.15, -0.1) is 10.2 Å². The van der Waals surface area contributed by atoms with E-state index in [1.54, 1.807) is 6.07 Å². The van der Waals surface area contributed by atoms with E-state index in [9.17, 15) is 4.79 Å². The largest absolute Gasteiger partial charge is 0.355 e. The molecule has 2 aromatic rings. The zero-order chi connectivity index (χ0) is 16.2. The monoisotopic (exact) mass is 331 g/mol. The smallest absolute Gasteiger partial charge is 0.228 e. The molecule has 1 amide bonds. The van der Waals surface area contributed by atoms with Gasteiger partial charge in [0.1, 0.15) is 5.82 Å². The third-order valence-corrected chi connectivity index (χ3v) is 4.15. The Morgan fingerprint density at radius 2 is 2.00 bits per heavy atom. The van der Waals surface area contributed by atoms with Crippen molar-refractivity contribution in [3.63, 3.8) is 0 Å². The zero-order valence-electron chi connectivity index (χ0n) is 12.9. The molecule has 1 aliphatic rings. The maximum atomic E-state index is 12.4. The predicted octanol–water partition coefficient (Wildman–Crippen LogP) is 2.69. The van der Waals surface area contributed by atoms with Crippen LogP contribution in [-0.4, -0.2) is 34.2 Å². The van der Waals surface area contributed by atoms with Gasteiger partial charge in [0.25, 0.3) is 0 Å². The average Bonchev–Trinajstić information content (AvgIpc) is 2.56. The van der Waals surface area contributed by atoms with Crippen LogP contribution in [0.4, 0.5) is 11.6 Å². The Morgan fingerprint density at radius 3 is 2.65 bits per heavy atom. The van der Waals surface area contributed by atoms with Crippen molar-refractivity contribution >= 4 is 29.1 Å². The number of aromatic nitrogens is 3. The maximum absolute atomic E-state index is 12.4. The second kappa shape index (κ2) is 6.91. The quantitative estimate of drug-likeness (QED) is 0.936. The molecular formula is C16H18ClN5O. The van der Waals surface area contributed by atoms with Crippen molar-refractivity contribution in [2.45, 2.75) is 19.8 Å². The molecule has 120 valence electrons. The molecule has 0 aliphatic carbocycles. The zero-order valence-corrected chi connectivity index (χ0v) is 13.6. The number of carbonyl (C=O) groups is 1. The molecule has 6 nitrogen and oxygen atoms in total. The van der Waals surface area contributed by atoms with Gasteiger partial charge in [0.2, 0.25) is 5.91 Å². The molecule has 0 bridgehead atoms. The molecule has 0 unspecified atom stereocenters. The van der Waals surface area contributed by atoms with Crippen molar-refractivity contribution in [1.29, 1.82) is 0 Å². The van der Waals surface area contributed by atoms with Gasteiger partial charge in [0.05, 0.1) is 0 Å². The normalized spacial score (nSPS) is 15.5. The van der Waals surface area contributed by atoms with Crippen molar-refractivity contribution in [2.75, 3.05) is 23.3 Å². The highest BCUT2D eigenvalue weighted by atomic mass is 35.5. The second-order valence-corrected chi connectivity index (χ2v) is 6.02. The molecule has 1 saturated heterocycles. The summed E-state index contributed by atoms with van der Waals surface area (Å²) in [5, 5.41) is 11.2. The highest BCUT2D eigenvalue weighted by Crippen LogP contribution is 2.23. The molecule has 1 N–H and O–H groups in total. The van der Waals surface area contributed by atoms with Crippen molar-refractivity contribution in [3.8, 4) is 0 Å². The lowest BCUT2D eigenvalue weighted by molar-refractivity contribution is -0.120. The molecule has 23 heavy (non-hydrogen) atoms. The summed E-state index contributed by atoms with van der Waals surface area (Å²) in [5.74, 6) is 1.44. The number of carbonyl (C=O) groups excluding carboxylic acids is 1. The van der Waals surface area contributed by atoms with Gasteiger partial charge >= 0.3 is 0 Å². The topological polar surface area (TPSA) is 71.0 Å². The number of hydrogen-bond donors (Lipinski definition) is 1. The summed E-state index contributed by atoms with van der Waals surface area (Å²) in [6, 6.07) is 9.18. The van der Waals surface area contributed by atoms with E-state index in [1.807, 2.05) is 31.2 Å². The number of rotatable bonds is 3. The highest BCUT2D eigenvalue weighted by molar-refractivity contribution is 6.29. The van der Waals surface area contributed by atoms with Crippen molar-refractivity contribution in [1.82, 2.24) is 15.2 Å². The van der Waals surface area contributed by atoms with E-state index in [2.05, 4.69) is 25.4 Å². The summed E-state index contributed by atoms with van der Waals surface area (Å²) in [6.07, 6.45) is 1.56. The minimum absolute atomic E-state index is 0.00572. The van der Waals surface area contributed by atoms with E-state index < -0.39 is 0 Å². The Hall–Kier alpha value is -2.21. The second-order valence-electron chi connectivity index (χ2n) is 5.63. The first-order valence-electron chi connectivity index (χ1n) is 7.60. The van der Waals surface area contributed by atoms with E-state index in [0.717, 1.165) is 37.4 Å². The van der Waals surface area contributed by atoms with E-state index >= 15 is 0 Å². The first-order valence-corrected chi connectivity index (χ1v) is 7.98. The van der Waals surface area contributed by atoms with Crippen LogP contribution in [0.15, 0.2) is 30.3 Å². The predicted molar refractivity (Wildman–Crippen MR) is 89.6 cm³/mol. The molecule has 3 rings (SSSR count). The van der Waals surface area contributed by atoms with E-state index in [-0.39, 0.29) is 11.8 Å². The van der Waals surface area contributed by atoms with Crippen LogP contribution in [0.2, 0.25) is 5.15 Å². The lowest BCUT2D eigenvalue weighted by Gasteiger charge is -2.31. The molecule has 1 fully saturated rings. The third kappa shape index (κ3) is 3.96. The van der Waals surface area contributed by atoms with Gasteiger partial charge in [-0.2, -0.15) is 0 Å². The third-order valence-electron chi connectivity index (χ3n) is 3.95. The lowest BCUT2D eigenvalue weighted by atomic mass is 9.96. The Balaban J connectivity index is 1.56. The number of piperidine rings is 1. The van der Waals surface area contributed by atoms with Gasteiger partial charge in [-0.25, -0.2) is 4.98 Å². The standard InChI is InChI=1S/C16H18ClN5O/c1-11-3-2-4-14(18-11)19-16(23)12-7-9-22(10-8-12)15-6-5-13(17)20-21-15/h2-6,12H,7-10H2,1H3,(H,18,19,23). The number of anilines is 2. The molecule has 3 heterocycles. The van der Waals surface area contributed by atoms with E-state index in [1.165, 1.54) is 0 Å². The van der Waals surface area contributed by atoms with Crippen LogP contribution in [0.1, 0.15) is 18.5 Å². The summed E-state index contributed by atoms with van der Waals surface area (Å²) in [4.78, 5) is 18.8. The maximum Gasteiger partial charge on any atom is 0.228 e. The summed E-state index contributed by atoms with van der Waals surface area (Å²) in [6.45, 7) is 3.45. The molecular weight excluding hydrogens is 314 g/mol. The van der Waals surface area contributed by atoms with Crippen molar-refractivity contribution in [3.05, 3.63) is 41.2 Å². The molecule has 7 heteroatoms. The van der Waals surface area contributed by atoms with E-state index in [0.29, 0.717) is 11.0 Å². The fraction of sp³-hybridized carbons (Fsp3) is 0.375. The summed E-state index contributed by atoms with van der Waals surface area (Å²) < 4.78 is 0. The van der Waals surface area contributed by atoms with Gasteiger partial charge in [-0.1, -0.05) is 17.7 Å². The number of pyridine rings is 1. The fourth-order valence-corrected chi connectivity index (χ4v) is 2.79. The number of amides is 1. The van der Waals surface area contributed by atoms with Crippen LogP contribution >= 0.6 is 11.6 Å². The van der Waals surface area contributed by atoms with Crippen LogP contribution in [0, 0.1) is 12.8 Å². The van der Waals surface area contributed by atoms with Crippen molar-refractivity contribution in [2.24, 2.45) is 5.92 Å². The van der Waals surface area contributed by atoms with Crippen LogP contribution in [0.5, 0.6) is 0 Å². The number of hydrogen-bond acceptors (Lipinski definition) is 5. The van der Waals surface area contributed by atoms with Gasteiger partial charge in [0, 0.05) is 24.7 Å². The van der Waals surface area contributed by atoms with Crippen LogP contribution in [0.3, 0.4) is 0 Å². The number of aryl methyl sites for hydroxylation is 1. The van der Waals surface area contributed by atoms with Gasteiger partial charge in [-0.05, 0) is 44.0 Å². The fourth-order valence-electron chi connectivity index (χ4n) is 2.69. The molecule has 0 atom stereocenters. The van der Waals surface area contributed by atoms with Crippen LogP contribution in [0.25, 0.3) is 0 Å². The highest BCUT2D eigenvalue weighted by Gasteiger charge is 2.26. The summed E-state index contributed by atoms with van der Waals surface area (Å²) >= 11 is 5.75. The summed E-state index contributed by atoms with van der Waals surface area (Å²) in [5.41, 5.74) is 0.888. The van der Waals surface area contributed by atoms with Crippen LogP contribution in [-0.2, 0) is 4.79 Å². The Labute approximate surface area is 139 Å². The minimum atomic E-state index is -0.00572.